The van der Waals surface area contributed by atoms with E-state index in [1.807, 2.05) is 13.0 Å². The smallest absolute Gasteiger partial charge is 0.370 e. The van der Waals surface area contributed by atoms with Gasteiger partial charge in [-0.05, 0) is 12.5 Å². The van der Waals surface area contributed by atoms with Gasteiger partial charge in [-0.25, -0.2) is 0 Å². The van der Waals surface area contributed by atoms with Crippen LogP contribution in [-0.4, -0.2) is 13.0 Å². The van der Waals surface area contributed by atoms with Crippen molar-refractivity contribution in [3.63, 3.8) is 0 Å². The third-order valence-corrected chi connectivity index (χ3v) is 1.09. The highest BCUT2D eigenvalue weighted by molar-refractivity contribution is 7.81. The van der Waals surface area contributed by atoms with Gasteiger partial charge in [0.25, 0.3) is 0 Å². The molecule has 0 aromatic rings. The average molecular weight is 178 g/mol. The molecule has 0 heterocycles. The lowest BCUT2D eigenvalue weighted by molar-refractivity contribution is 0.356. The van der Waals surface area contributed by atoms with Gasteiger partial charge in [-0.2, -0.15) is 8.42 Å². The van der Waals surface area contributed by atoms with Gasteiger partial charge in [0, 0.05) is 0 Å². The third-order valence-electron chi connectivity index (χ3n) is 0.739. The summed E-state index contributed by atoms with van der Waals surface area (Å²) in [5.74, 6) is 0. The molecule has 0 atom stereocenters. The SMILES string of the molecule is CCC=CC=COS(=O)(=O)O. The lowest BCUT2D eigenvalue weighted by Gasteiger charge is -1.89. The standard InChI is InChI=1S/C6H10O4S/c1-2-3-4-5-6-10-11(7,8)9/h3-6H,2H2,1H3,(H,7,8,9). The highest BCUT2D eigenvalue weighted by atomic mass is 32.3. The monoisotopic (exact) mass is 178 g/mol. The van der Waals surface area contributed by atoms with Crippen molar-refractivity contribution in [3.05, 3.63) is 24.5 Å². The minimum absolute atomic E-state index is 0.857. The first-order valence-corrected chi connectivity index (χ1v) is 4.40. The van der Waals surface area contributed by atoms with E-state index in [-0.39, 0.29) is 0 Å². The highest BCUT2D eigenvalue weighted by Crippen LogP contribution is 1.88. The van der Waals surface area contributed by atoms with Gasteiger partial charge in [-0.15, -0.1) is 0 Å². The van der Waals surface area contributed by atoms with Gasteiger partial charge in [0.05, 0.1) is 0 Å². The second-order valence-electron chi connectivity index (χ2n) is 1.69. The molecule has 0 spiro atoms. The van der Waals surface area contributed by atoms with Crippen LogP contribution in [0.15, 0.2) is 24.5 Å². The van der Waals surface area contributed by atoms with Crippen LogP contribution in [0, 0.1) is 0 Å². The van der Waals surface area contributed by atoms with Crippen LogP contribution in [-0.2, 0) is 14.6 Å². The number of hydrogen-bond acceptors (Lipinski definition) is 3. The van der Waals surface area contributed by atoms with E-state index >= 15 is 0 Å². The second-order valence-corrected chi connectivity index (χ2v) is 2.74. The van der Waals surface area contributed by atoms with Crippen LogP contribution in [0.2, 0.25) is 0 Å². The number of allylic oxidation sites excluding steroid dienone is 3. The lowest BCUT2D eigenvalue weighted by atomic mass is 10.4. The van der Waals surface area contributed by atoms with E-state index in [2.05, 4.69) is 4.18 Å². The van der Waals surface area contributed by atoms with Crippen LogP contribution in [0.1, 0.15) is 13.3 Å². The molecule has 0 saturated heterocycles. The molecule has 0 aliphatic rings. The molecule has 0 unspecified atom stereocenters. The molecule has 5 heteroatoms. The van der Waals surface area contributed by atoms with E-state index in [1.165, 1.54) is 6.08 Å². The maximum absolute atomic E-state index is 9.92. The average Bonchev–Trinajstić information content (AvgIpc) is 1.85. The Bertz CT molecular complexity index is 237. The molecule has 0 fully saturated rings. The molecular formula is C6H10O4S. The third kappa shape index (κ3) is 9.19. The Balaban J connectivity index is 3.71. The molecule has 0 aliphatic heterocycles. The van der Waals surface area contributed by atoms with E-state index in [9.17, 15) is 8.42 Å². The molecule has 0 saturated carbocycles. The van der Waals surface area contributed by atoms with E-state index < -0.39 is 10.4 Å². The van der Waals surface area contributed by atoms with Crippen LogP contribution >= 0.6 is 0 Å². The number of rotatable bonds is 4. The molecule has 0 aliphatic carbocycles. The molecule has 0 rings (SSSR count). The molecule has 64 valence electrons. The summed E-state index contributed by atoms with van der Waals surface area (Å²) in [6, 6.07) is 0. The minimum atomic E-state index is -4.33. The van der Waals surface area contributed by atoms with E-state index in [0.29, 0.717) is 0 Å². The Hall–Kier alpha value is -0.810. The summed E-state index contributed by atoms with van der Waals surface area (Å²) in [7, 11) is -4.33. The highest BCUT2D eigenvalue weighted by Gasteiger charge is 1.97. The largest absolute Gasteiger partial charge is 0.445 e. The fraction of sp³-hybridized carbons (Fsp3) is 0.333. The summed E-state index contributed by atoms with van der Waals surface area (Å²) in [5, 5.41) is 0. The predicted molar refractivity (Wildman–Crippen MR) is 41.2 cm³/mol. The van der Waals surface area contributed by atoms with E-state index in [0.717, 1.165) is 12.7 Å². The van der Waals surface area contributed by atoms with Crippen molar-refractivity contribution in [2.24, 2.45) is 0 Å². The second kappa shape index (κ2) is 4.92. The van der Waals surface area contributed by atoms with Crippen molar-refractivity contribution in [3.8, 4) is 0 Å². The summed E-state index contributed by atoms with van der Waals surface area (Å²) in [6.07, 6.45) is 6.55. The predicted octanol–water partition coefficient (Wildman–Crippen LogP) is 1.29. The van der Waals surface area contributed by atoms with Crippen LogP contribution in [0.25, 0.3) is 0 Å². The van der Waals surface area contributed by atoms with Crippen LogP contribution in [0.4, 0.5) is 0 Å². The molecule has 4 nitrogen and oxygen atoms in total. The quantitative estimate of drug-likeness (QED) is 0.400. The van der Waals surface area contributed by atoms with Crippen molar-refractivity contribution in [1.82, 2.24) is 0 Å². The van der Waals surface area contributed by atoms with Crippen molar-refractivity contribution < 1.29 is 17.2 Å². The zero-order chi connectivity index (χ0) is 8.74. The first-order valence-electron chi connectivity index (χ1n) is 3.03. The van der Waals surface area contributed by atoms with Gasteiger partial charge in [0.15, 0.2) is 0 Å². The maximum atomic E-state index is 9.92. The maximum Gasteiger partial charge on any atom is 0.445 e. The Kier molecular flexibility index (Phi) is 4.56. The van der Waals surface area contributed by atoms with E-state index in [1.54, 1.807) is 6.08 Å². The van der Waals surface area contributed by atoms with Gasteiger partial charge < -0.3 is 4.18 Å². The summed E-state index contributed by atoms with van der Waals surface area (Å²) in [4.78, 5) is 0. The Morgan fingerprint density at radius 1 is 1.45 bits per heavy atom. The number of hydrogen-bond donors (Lipinski definition) is 1. The molecule has 0 radical (unpaired) electrons. The van der Waals surface area contributed by atoms with Crippen molar-refractivity contribution in [1.29, 1.82) is 0 Å². The molecule has 1 N–H and O–H groups in total. The Labute approximate surface area is 66.1 Å². The first-order chi connectivity index (χ1) is 5.06. The van der Waals surface area contributed by atoms with Crippen molar-refractivity contribution >= 4 is 10.4 Å². The first kappa shape index (κ1) is 10.2. The summed E-state index contributed by atoms with van der Waals surface area (Å²) >= 11 is 0. The summed E-state index contributed by atoms with van der Waals surface area (Å²) in [6.45, 7) is 1.94. The molecule has 0 amide bonds. The van der Waals surface area contributed by atoms with Gasteiger partial charge in [0.1, 0.15) is 6.26 Å². The van der Waals surface area contributed by atoms with Crippen LogP contribution < -0.4 is 0 Å². The van der Waals surface area contributed by atoms with Crippen LogP contribution in [0.3, 0.4) is 0 Å². The molecular weight excluding hydrogens is 168 g/mol. The molecule has 11 heavy (non-hydrogen) atoms. The molecule has 0 aromatic heterocycles. The zero-order valence-electron chi connectivity index (χ0n) is 6.10. The summed E-state index contributed by atoms with van der Waals surface area (Å²) in [5.41, 5.74) is 0. The Morgan fingerprint density at radius 2 is 2.09 bits per heavy atom. The van der Waals surface area contributed by atoms with Crippen LogP contribution in [0.5, 0.6) is 0 Å². The fourth-order valence-electron chi connectivity index (χ4n) is 0.362. The Morgan fingerprint density at radius 3 is 2.55 bits per heavy atom. The molecule has 0 aromatic carbocycles. The van der Waals surface area contributed by atoms with Gasteiger partial charge in [-0.3, -0.25) is 4.55 Å². The molecule has 0 bridgehead atoms. The topological polar surface area (TPSA) is 63.6 Å². The van der Waals surface area contributed by atoms with Gasteiger partial charge in [0.2, 0.25) is 0 Å². The van der Waals surface area contributed by atoms with Crippen molar-refractivity contribution in [2.75, 3.05) is 0 Å². The van der Waals surface area contributed by atoms with Gasteiger partial charge >= 0.3 is 10.4 Å². The fourth-order valence-corrected chi connectivity index (χ4v) is 0.567. The van der Waals surface area contributed by atoms with Crippen molar-refractivity contribution in [2.45, 2.75) is 13.3 Å². The normalized spacial score (nSPS) is 12.9. The van der Waals surface area contributed by atoms with E-state index in [4.69, 9.17) is 4.55 Å². The summed E-state index contributed by atoms with van der Waals surface area (Å²) < 4.78 is 31.8. The van der Waals surface area contributed by atoms with Gasteiger partial charge in [-0.1, -0.05) is 19.1 Å². The zero-order valence-corrected chi connectivity index (χ0v) is 6.91. The minimum Gasteiger partial charge on any atom is -0.370 e. The lowest BCUT2D eigenvalue weighted by Crippen LogP contribution is -1.96.